The lowest BCUT2D eigenvalue weighted by Crippen LogP contribution is -2.39. The first-order valence-electron chi connectivity index (χ1n) is 6.70. The molecule has 0 aliphatic heterocycles. The molecule has 1 aromatic rings. The molecule has 6 nitrogen and oxygen atoms in total. The summed E-state index contributed by atoms with van der Waals surface area (Å²) in [6, 6.07) is 0. The van der Waals surface area contributed by atoms with Gasteiger partial charge in [0.2, 0.25) is 0 Å². The highest BCUT2D eigenvalue weighted by Crippen LogP contribution is 1.94. The third-order valence-corrected chi connectivity index (χ3v) is 2.49. The Morgan fingerprint density at radius 2 is 2.11 bits per heavy atom. The zero-order valence-electron chi connectivity index (χ0n) is 12.0. The van der Waals surface area contributed by atoms with E-state index in [0.717, 1.165) is 50.8 Å². The summed E-state index contributed by atoms with van der Waals surface area (Å²) in [5.74, 6) is 1.90. The molecule has 110 valence electrons. The van der Waals surface area contributed by atoms with E-state index in [9.17, 15) is 0 Å². The summed E-state index contributed by atoms with van der Waals surface area (Å²) < 4.78 is 2.07. The van der Waals surface area contributed by atoms with Gasteiger partial charge in [-0.3, -0.25) is 4.99 Å². The topological polar surface area (TPSA) is 67.1 Å². The Bertz CT molecular complexity index is 363. The van der Waals surface area contributed by atoms with Gasteiger partial charge in [-0.05, 0) is 13.3 Å². The first kappa shape index (κ1) is 18.1. The SMILES string of the molecule is CCCN=C(NCC)NCCn1cnnc1CC.I. The molecule has 0 saturated heterocycles. The summed E-state index contributed by atoms with van der Waals surface area (Å²) >= 11 is 0. The van der Waals surface area contributed by atoms with Gasteiger partial charge in [-0.25, -0.2) is 0 Å². The molecule has 0 aliphatic carbocycles. The third-order valence-electron chi connectivity index (χ3n) is 2.49. The summed E-state index contributed by atoms with van der Waals surface area (Å²) in [5.41, 5.74) is 0. The Balaban J connectivity index is 0.00000324. The Hall–Kier alpha value is -0.860. The predicted octanol–water partition coefficient (Wildman–Crippen LogP) is 1.42. The molecule has 0 bridgehead atoms. The standard InChI is InChI=1S/C12H24N6.HI/c1-4-7-14-12(13-6-3)15-8-9-18-10-16-17-11(18)5-2;/h10H,4-9H2,1-3H3,(H2,13,14,15);1H. The van der Waals surface area contributed by atoms with Gasteiger partial charge in [-0.15, -0.1) is 34.2 Å². The van der Waals surface area contributed by atoms with Crippen molar-refractivity contribution in [3.63, 3.8) is 0 Å². The molecule has 0 amide bonds. The quantitative estimate of drug-likeness (QED) is 0.427. The van der Waals surface area contributed by atoms with Gasteiger partial charge in [0.15, 0.2) is 5.96 Å². The molecule has 2 N–H and O–H groups in total. The molecular weight excluding hydrogens is 355 g/mol. The molecule has 7 heteroatoms. The number of nitrogens with one attached hydrogen (secondary N) is 2. The van der Waals surface area contributed by atoms with Gasteiger partial charge < -0.3 is 15.2 Å². The van der Waals surface area contributed by atoms with Crippen LogP contribution in [0, 0.1) is 0 Å². The maximum Gasteiger partial charge on any atom is 0.191 e. The van der Waals surface area contributed by atoms with E-state index in [1.165, 1.54) is 0 Å². The predicted molar refractivity (Wildman–Crippen MR) is 89.1 cm³/mol. The van der Waals surface area contributed by atoms with Crippen molar-refractivity contribution in [2.75, 3.05) is 19.6 Å². The molecule has 0 spiro atoms. The van der Waals surface area contributed by atoms with Gasteiger partial charge in [-0.1, -0.05) is 13.8 Å². The number of aryl methyl sites for hydroxylation is 1. The second-order valence-corrected chi connectivity index (χ2v) is 3.98. The van der Waals surface area contributed by atoms with Gasteiger partial charge >= 0.3 is 0 Å². The van der Waals surface area contributed by atoms with Gasteiger partial charge in [-0.2, -0.15) is 0 Å². The number of hydrogen-bond acceptors (Lipinski definition) is 3. The number of nitrogens with zero attached hydrogens (tertiary/aromatic N) is 4. The summed E-state index contributed by atoms with van der Waals surface area (Å²) in [4.78, 5) is 4.45. The fourth-order valence-corrected chi connectivity index (χ4v) is 1.60. The lowest BCUT2D eigenvalue weighted by Gasteiger charge is -2.11. The van der Waals surface area contributed by atoms with E-state index in [2.05, 4.69) is 51.2 Å². The minimum Gasteiger partial charge on any atom is -0.357 e. The molecule has 19 heavy (non-hydrogen) atoms. The van der Waals surface area contributed by atoms with Crippen LogP contribution in [0.1, 0.15) is 33.0 Å². The molecule has 0 aromatic carbocycles. The maximum absolute atomic E-state index is 4.45. The van der Waals surface area contributed by atoms with Crippen molar-refractivity contribution in [3.05, 3.63) is 12.2 Å². The van der Waals surface area contributed by atoms with Crippen LogP contribution in [0.5, 0.6) is 0 Å². The van der Waals surface area contributed by atoms with E-state index in [-0.39, 0.29) is 24.0 Å². The summed E-state index contributed by atoms with van der Waals surface area (Å²) in [6.07, 6.45) is 3.74. The van der Waals surface area contributed by atoms with Crippen LogP contribution >= 0.6 is 24.0 Å². The van der Waals surface area contributed by atoms with E-state index < -0.39 is 0 Å². The van der Waals surface area contributed by atoms with Crippen LogP contribution in [0.4, 0.5) is 0 Å². The van der Waals surface area contributed by atoms with Crippen LogP contribution in [0.15, 0.2) is 11.3 Å². The highest BCUT2D eigenvalue weighted by Gasteiger charge is 2.01. The van der Waals surface area contributed by atoms with Crippen LogP contribution in [0.25, 0.3) is 0 Å². The highest BCUT2D eigenvalue weighted by atomic mass is 127. The van der Waals surface area contributed by atoms with Crippen molar-refractivity contribution >= 4 is 29.9 Å². The van der Waals surface area contributed by atoms with Gasteiger partial charge in [0.25, 0.3) is 0 Å². The Morgan fingerprint density at radius 3 is 2.74 bits per heavy atom. The minimum atomic E-state index is 0. The smallest absolute Gasteiger partial charge is 0.191 e. The first-order chi connectivity index (χ1) is 8.81. The molecule has 0 saturated carbocycles. The number of aromatic nitrogens is 3. The lowest BCUT2D eigenvalue weighted by molar-refractivity contribution is 0.632. The van der Waals surface area contributed by atoms with Crippen molar-refractivity contribution in [1.29, 1.82) is 0 Å². The van der Waals surface area contributed by atoms with Crippen LogP contribution in [-0.4, -0.2) is 40.4 Å². The van der Waals surface area contributed by atoms with Gasteiger partial charge in [0.05, 0.1) is 0 Å². The minimum absolute atomic E-state index is 0. The molecule has 1 aromatic heterocycles. The van der Waals surface area contributed by atoms with Crippen LogP contribution in [0.2, 0.25) is 0 Å². The van der Waals surface area contributed by atoms with Crippen molar-refractivity contribution < 1.29 is 0 Å². The zero-order chi connectivity index (χ0) is 13.2. The normalized spacial score (nSPS) is 11.0. The molecule has 1 rings (SSSR count). The Labute approximate surface area is 132 Å². The summed E-state index contributed by atoms with van der Waals surface area (Å²) in [5, 5.41) is 14.5. The second-order valence-electron chi connectivity index (χ2n) is 3.98. The van der Waals surface area contributed by atoms with Crippen LogP contribution < -0.4 is 10.6 Å². The molecule has 1 heterocycles. The Morgan fingerprint density at radius 1 is 1.32 bits per heavy atom. The van der Waals surface area contributed by atoms with Crippen molar-refractivity contribution in [3.8, 4) is 0 Å². The van der Waals surface area contributed by atoms with Crippen LogP contribution in [0.3, 0.4) is 0 Å². The molecular formula is C12H25IN6. The fraction of sp³-hybridized carbons (Fsp3) is 0.750. The number of guanidine groups is 1. The van der Waals surface area contributed by atoms with E-state index in [1.54, 1.807) is 6.33 Å². The van der Waals surface area contributed by atoms with E-state index in [4.69, 9.17) is 0 Å². The number of rotatable bonds is 7. The summed E-state index contributed by atoms with van der Waals surface area (Å²) in [7, 11) is 0. The molecule has 0 aliphatic rings. The molecule has 0 radical (unpaired) electrons. The average molecular weight is 380 g/mol. The first-order valence-corrected chi connectivity index (χ1v) is 6.70. The van der Waals surface area contributed by atoms with E-state index in [1.807, 2.05) is 0 Å². The molecule has 0 unspecified atom stereocenters. The summed E-state index contributed by atoms with van der Waals surface area (Å²) in [6.45, 7) is 9.68. The van der Waals surface area contributed by atoms with E-state index in [0.29, 0.717) is 0 Å². The van der Waals surface area contributed by atoms with Gasteiger partial charge in [0, 0.05) is 32.6 Å². The molecule has 0 fully saturated rings. The van der Waals surface area contributed by atoms with E-state index >= 15 is 0 Å². The van der Waals surface area contributed by atoms with Gasteiger partial charge in [0.1, 0.15) is 12.2 Å². The average Bonchev–Trinajstić information content (AvgIpc) is 2.83. The number of halogens is 1. The monoisotopic (exact) mass is 380 g/mol. The number of aliphatic imine (C=N–C) groups is 1. The maximum atomic E-state index is 4.45. The highest BCUT2D eigenvalue weighted by molar-refractivity contribution is 14.0. The van der Waals surface area contributed by atoms with Crippen molar-refractivity contribution in [1.82, 2.24) is 25.4 Å². The van der Waals surface area contributed by atoms with Crippen LogP contribution in [-0.2, 0) is 13.0 Å². The Kier molecular flexibility index (Phi) is 10.5. The van der Waals surface area contributed by atoms with Crippen molar-refractivity contribution in [2.24, 2.45) is 4.99 Å². The zero-order valence-corrected chi connectivity index (χ0v) is 14.3. The third kappa shape index (κ3) is 6.74. The fourth-order valence-electron chi connectivity index (χ4n) is 1.60. The second kappa shape index (κ2) is 11.0. The lowest BCUT2D eigenvalue weighted by atomic mass is 10.4. The molecule has 0 atom stereocenters. The van der Waals surface area contributed by atoms with Crippen molar-refractivity contribution in [2.45, 2.75) is 40.2 Å². The largest absolute Gasteiger partial charge is 0.357 e. The number of hydrogen-bond donors (Lipinski definition) is 2.